The highest BCUT2D eigenvalue weighted by Gasteiger charge is 2.20. The third-order valence-corrected chi connectivity index (χ3v) is 4.75. The Morgan fingerprint density at radius 1 is 1.11 bits per heavy atom. The summed E-state index contributed by atoms with van der Waals surface area (Å²) in [5.74, 6) is 2.04. The van der Waals surface area contributed by atoms with Crippen molar-refractivity contribution in [3.63, 3.8) is 0 Å². The number of benzene rings is 2. The number of aryl methyl sites for hydroxylation is 2. The minimum Gasteiger partial charge on any atom is -0.484 e. The van der Waals surface area contributed by atoms with Gasteiger partial charge < -0.3 is 24.4 Å². The van der Waals surface area contributed by atoms with Crippen LogP contribution in [0, 0.1) is 13.8 Å². The molecule has 3 rings (SSSR count). The molecule has 2 aromatic carbocycles. The first-order valence-corrected chi connectivity index (χ1v) is 8.97. The Balaban J connectivity index is 1.56. The average molecular weight is 370 g/mol. The molecule has 0 spiro atoms. The second-order valence-corrected chi connectivity index (χ2v) is 6.93. The van der Waals surface area contributed by atoms with Crippen LogP contribution < -0.4 is 19.5 Å². The molecule has 1 amide bonds. The minimum atomic E-state index is -0.152. The summed E-state index contributed by atoms with van der Waals surface area (Å²) in [6.45, 7) is 4.78. The van der Waals surface area contributed by atoms with Crippen LogP contribution in [0.1, 0.15) is 22.7 Å². The number of hydrogen-bond donors (Lipinski definition) is 1. The number of nitrogens with one attached hydrogen (secondary N) is 1. The van der Waals surface area contributed by atoms with Gasteiger partial charge in [0.05, 0.1) is 6.04 Å². The maximum atomic E-state index is 12.2. The van der Waals surface area contributed by atoms with E-state index in [4.69, 9.17) is 14.2 Å². The van der Waals surface area contributed by atoms with Crippen molar-refractivity contribution in [2.75, 3.05) is 34.0 Å². The lowest BCUT2D eigenvalue weighted by Gasteiger charge is -2.25. The van der Waals surface area contributed by atoms with Gasteiger partial charge in [-0.1, -0.05) is 12.1 Å². The number of rotatable bonds is 7. The fraction of sp³-hybridized carbons (Fsp3) is 0.381. The number of carbonyl (C=O) groups excluding carboxylic acids is 1. The lowest BCUT2D eigenvalue weighted by Crippen LogP contribution is -2.36. The highest BCUT2D eigenvalue weighted by molar-refractivity contribution is 5.77. The quantitative estimate of drug-likeness (QED) is 0.812. The van der Waals surface area contributed by atoms with Crippen LogP contribution in [0.15, 0.2) is 36.4 Å². The zero-order valence-corrected chi connectivity index (χ0v) is 16.2. The van der Waals surface area contributed by atoms with Crippen molar-refractivity contribution >= 4 is 5.91 Å². The molecular weight excluding hydrogens is 344 g/mol. The number of carbonyl (C=O) groups is 1. The van der Waals surface area contributed by atoms with E-state index >= 15 is 0 Å². The Morgan fingerprint density at radius 3 is 2.63 bits per heavy atom. The number of hydrogen-bond acceptors (Lipinski definition) is 5. The lowest BCUT2D eigenvalue weighted by molar-refractivity contribution is -0.123. The second kappa shape index (κ2) is 8.31. The van der Waals surface area contributed by atoms with Gasteiger partial charge in [-0.2, -0.15) is 0 Å². The first-order valence-electron chi connectivity index (χ1n) is 8.97. The molecule has 0 bridgehead atoms. The van der Waals surface area contributed by atoms with Crippen molar-refractivity contribution in [2.45, 2.75) is 19.9 Å². The Hall–Kier alpha value is -2.73. The molecule has 6 heteroatoms. The predicted molar refractivity (Wildman–Crippen MR) is 103 cm³/mol. The normalized spacial score (nSPS) is 13.5. The monoisotopic (exact) mass is 370 g/mol. The Morgan fingerprint density at radius 2 is 1.89 bits per heavy atom. The topological polar surface area (TPSA) is 60.0 Å². The molecule has 0 aromatic heterocycles. The van der Waals surface area contributed by atoms with E-state index in [1.807, 2.05) is 64.3 Å². The van der Waals surface area contributed by atoms with Gasteiger partial charge in [0, 0.05) is 6.54 Å². The SMILES string of the molecule is Cc1ccc(OCC(=O)NCC(c2ccc3c(c2)OCO3)N(C)C)cc1C. The van der Waals surface area contributed by atoms with Crippen molar-refractivity contribution in [2.24, 2.45) is 0 Å². The van der Waals surface area contributed by atoms with Crippen LogP contribution in [0.25, 0.3) is 0 Å². The number of amides is 1. The molecule has 6 nitrogen and oxygen atoms in total. The van der Waals surface area contributed by atoms with Gasteiger partial charge in [0.25, 0.3) is 5.91 Å². The van der Waals surface area contributed by atoms with E-state index in [1.54, 1.807) is 0 Å². The molecule has 0 saturated heterocycles. The van der Waals surface area contributed by atoms with Crippen molar-refractivity contribution in [3.8, 4) is 17.2 Å². The lowest BCUT2D eigenvalue weighted by atomic mass is 10.1. The molecule has 0 radical (unpaired) electrons. The molecule has 1 atom stereocenters. The highest BCUT2D eigenvalue weighted by Crippen LogP contribution is 2.34. The molecule has 0 fully saturated rings. The van der Waals surface area contributed by atoms with Crippen molar-refractivity contribution in [1.29, 1.82) is 0 Å². The molecule has 2 aromatic rings. The first kappa shape index (κ1) is 19.0. The maximum absolute atomic E-state index is 12.2. The predicted octanol–water partition coefficient (Wildman–Crippen LogP) is 2.83. The van der Waals surface area contributed by atoms with Crippen LogP contribution in [-0.2, 0) is 4.79 Å². The summed E-state index contributed by atoms with van der Waals surface area (Å²) >= 11 is 0. The van der Waals surface area contributed by atoms with Gasteiger partial charge in [-0.3, -0.25) is 4.79 Å². The maximum Gasteiger partial charge on any atom is 0.258 e. The van der Waals surface area contributed by atoms with Crippen LogP contribution in [0.5, 0.6) is 17.2 Å². The summed E-state index contributed by atoms with van der Waals surface area (Å²) in [7, 11) is 3.96. The fourth-order valence-corrected chi connectivity index (χ4v) is 2.93. The van der Waals surface area contributed by atoms with Gasteiger partial charge in [-0.25, -0.2) is 0 Å². The number of nitrogens with zero attached hydrogens (tertiary/aromatic N) is 1. The zero-order valence-electron chi connectivity index (χ0n) is 16.2. The van der Waals surface area contributed by atoms with E-state index in [0.717, 1.165) is 22.6 Å². The summed E-state index contributed by atoms with van der Waals surface area (Å²) in [4.78, 5) is 14.3. The molecule has 1 unspecified atom stereocenters. The summed E-state index contributed by atoms with van der Waals surface area (Å²) in [6, 6.07) is 11.7. The summed E-state index contributed by atoms with van der Waals surface area (Å²) in [5.41, 5.74) is 3.40. The smallest absolute Gasteiger partial charge is 0.258 e. The average Bonchev–Trinajstić information content (AvgIpc) is 3.10. The minimum absolute atomic E-state index is 0.0101. The van der Waals surface area contributed by atoms with Gasteiger partial charge >= 0.3 is 0 Å². The Labute approximate surface area is 160 Å². The Kier molecular flexibility index (Phi) is 5.86. The van der Waals surface area contributed by atoms with Gasteiger partial charge in [-0.05, 0) is 68.9 Å². The molecule has 0 saturated carbocycles. The molecule has 1 heterocycles. The third-order valence-electron chi connectivity index (χ3n) is 4.75. The fourth-order valence-electron chi connectivity index (χ4n) is 2.93. The number of ether oxygens (including phenoxy) is 3. The van der Waals surface area contributed by atoms with Gasteiger partial charge in [0.1, 0.15) is 5.75 Å². The van der Waals surface area contributed by atoms with Crippen LogP contribution in [-0.4, -0.2) is 44.8 Å². The third kappa shape index (κ3) is 4.71. The number of fused-ring (bicyclic) bond motifs is 1. The summed E-state index contributed by atoms with van der Waals surface area (Å²) < 4.78 is 16.4. The van der Waals surface area contributed by atoms with E-state index in [2.05, 4.69) is 10.2 Å². The Bertz CT molecular complexity index is 820. The van der Waals surface area contributed by atoms with Crippen molar-refractivity contribution in [3.05, 3.63) is 53.1 Å². The van der Waals surface area contributed by atoms with Crippen LogP contribution >= 0.6 is 0 Å². The van der Waals surface area contributed by atoms with E-state index < -0.39 is 0 Å². The van der Waals surface area contributed by atoms with E-state index in [9.17, 15) is 4.79 Å². The van der Waals surface area contributed by atoms with Crippen LogP contribution in [0.4, 0.5) is 0 Å². The molecule has 1 aliphatic rings. The van der Waals surface area contributed by atoms with Crippen molar-refractivity contribution < 1.29 is 19.0 Å². The molecule has 144 valence electrons. The molecule has 27 heavy (non-hydrogen) atoms. The van der Waals surface area contributed by atoms with E-state index in [0.29, 0.717) is 12.3 Å². The molecule has 0 aliphatic carbocycles. The van der Waals surface area contributed by atoms with Crippen molar-refractivity contribution in [1.82, 2.24) is 10.2 Å². The second-order valence-electron chi connectivity index (χ2n) is 6.93. The summed E-state index contributed by atoms with van der Waals surface area (Å²) in [6.07, 6.45) is 0. The first-order chi connectivity index (χ1) is 12.9. The molecule has 1 N–H and O–H groups in total. The molecule has 1 aliphatic heterocycles. The number of likely N-dealkylation sites (N-methyl/N-ethyl adjacent to an activating group) is 1. The van der Waals surface area contributed by atoms with Gasteiger partial charge in [-0.15, -0.1) is 0 Å². The standard InChI is InChI=1S/C21H26N2O4/c1-14-5-7-17(9-15(14)2)25-12-21(24)22-11-18(23(3)4)16-6-8-19-20(10-16)27-13-26-19/h5-10,18H,11-13H2,1-4H3,(H,22,24). The molecular formula is C21H26N2O4. The van der Waals surface area contributed by atoms with Crippen LogP contribution in [0.2, 0.25) is 0 Å². The zero-order chi connectivity index (χ0) is 19.4. The summed E-state index contributed by atoms with van der Waals surface area (Å²) in [5, 5.41) is 2.95. The van der Waals surface area contributed by atoms with Crippen LogP contribution in [0.3, 0.4) is 0 Å². The van der Waals surface area contributed by atoms with E-state index in [-0.39, 0.29) is 25.3 Å². The van der Waals surface area contributed by atoms with E-state index in [1.165, 1.54) is 5.56 Å². The van der Waals surface area contributed by atoms with Gasteiger partial charge in [0.2, 0.25) is 6.79 Å². The van der Waals surface area contributed by atoms with Gasteiger partial charge in [0.15, 0.2) is 18.1 Å². The highest BCUT2D eigenvalue weighted by atomic mass is 16.7. The largest absolute Gasteiger partial charge is 0.484 e.